The molecule has 0 bridgehead atoms. The van der Waals surface area contributed by atoms with Gasteiger partial charge in [0.05, 0.1) is 11.7 Å². The van der Waals surface area contributed by atoms with Crippen LogP contribution in [0.25, 0.3) is 33.7 Å². The van der Waals surface area contributed by atoms with Gasteiger partial charge in [0, 0.05) is 24.8 Å². The molecule has 3 aromatic heterocycles. The molecule has 3 heterocycles. The van der Waals surface area contributed by atoms with Gasteiger partial charge in [-0.05, 0) is 34.9 Å². The van der Waals surface area contributed by atoms with Crippen molar-refractivity contribution in [3.05, 3.63) is 42.2 Å². The fourth-order valence-electron chi connectivity index (χ4n) is 3.21. The zero-order valence-corrected chi connectivity index (χ0v) is 15.3. The molecule has 4 rings (SSSR count). The second-order valence-corrected chi connectivity index (χ2v) is 6.21. The summed E-state index contributed by atoms with van der Waals surface area (Å²) in [6, 6.07) is 8.48. The van der Waals surface area contributed by atoms with Crippen LogP contribution in [0.15, 0.2) is 41.3 Å². The fourth-order valence-corrected chi connectivity index (χ4v) is 3.21. The number of fused-ring (bicyclic) bond motifs is 1. The van der Waals surface area contributed by atoms with E-state index in [4.69, 9.17) is 10.4 Å². The van der Waals surface area contributed by atoms with E-state index in [-0.39, 0.29) is 5.82 Å². The van der Waals surface area contributed by atoms with Gasteiger partial charge in [-0.15, -0.1) is 0 Å². The van der Waals surface area contributed by atoms with Crippen LogP contribution in [-0.4, -0.2) is 31.4 Å². The number of benzene rings is 1. The molecule has 0 unspecified atom stereocenters. The van der Waals surface area contributed by atoms with E-state index in [9.17, 15) is 0 Å². The quantitative estimate of drug-likeness (QED) is 0.542. The first-order valence-corrected chi connectivity index (χ1v) is 8.95. The highest BCUT2D eigenvalue weighted by Gasteiger charge is 2.20. The zero-order chi connectivity index (χ0) is 18.8. The van der Waals surface area contributed by atoms with E-state index in [1.165, 1.54) is 5.56 Å². The second kappa shape index (κ2) is 7.16. The molecule has 3 N–H and O–H groups in total. The van der Waals surface area contributed by atoms with Crippen molar-refractivity contribution >= 4 is 16.9 Å². The number of anilines is 1. The summed E-state index contributed by atoms with van der Waals surface area (Å²) < 4.78 is 6.82. The summed E-state index contributed by atoms with van der Waals surface area (Å²) >= 11 is 0. The minimum Gasteiger partial charge on any atom is -0.379 e. The lowest BCUT2D eigenvalue weighted by Gasteiger charge is -2.09. The van der Waals surface area contributed by atoms with Crippen molar-refractivity contribution in [2.24, 2.45) is 0 Å². The van der Waals surface area contributed by atoms with Crippen molar-refractivity contribution in [1.82, 2.24) is 30.2 Å². The van der Waals surface area contributed by atoms with E-state index in [0.29, 0.717) is 18.1 Å². The highest BCUT2D eigenvalue weighted by Crippen LogP contribution is 2.32. The minimum absolute atomic E-state index is 0.224. The van der Waals surface area contributed by atoms with Gasteiger partial charge in [-0.3, -0.25) is 4.98 Å². The Morgan fingerprint density at radius 2 is 1.93 bits per heavy atom. The first-order chi connectivity index (χ1) is 13.2. The molecule has 8 heteroatoms. The van der Waals surface area contributed by atoms with Crippen LogP contribution in [0.2, 0.25) is 0 Å². The van der Waals surface area contributed by atoms with Crippen LogP contribution >= 0.6 is 0 Å². The number of nitrogens with zero attached hydrogens (tertiary/aromatic N) is 5. The largest absolute Gasteiger partial charge is 0.379 e. The van der Waals surface area contributed by atoms with Crippen molar-refractivity contribution < 1.29 is 4.63 Å². The number of nitrogens with one attached hydrogen (secondary N) is 1. The van der Waals surface area contributed by atoms with Crippen LogP contribution in [0.4, 0.5) is 5.82 Å². The highest BCUT2D eigenvalue weighted by atomic mass is 16.6. The molecule has 1 aromatic carbocycles. The van der Waals surface area contributed by atoms with Gasteiger partial charge in [-0.25, -0.2) is 9.61 Å². The number of imidazole rings is 1. The van der Waals surface area contributed by atoms with Crippen LogP contribution in [-0.2, 0) is 13.1 Å². The van der Waals surface area contributed by atoms with E-state index >= 15 is 0 Å². The predicted octanol–water partition coefficient (Wildman–Crippen LogP) is 2.86. The summed E-state index contributed by atoms with van der Waals surface area (Å²) in [4.78, 5) is 9.05. The van der Waals surface area contributed by atoms with Gasteiger partial charge in [-0.2, -0.15) is 0 Å². The standard InChI is InChI=1S/C19H21N7O/c1-3-21-9-12-5-7-13(8-6-12)14-10-22-11-15-17(14)26(4-2)19(23-15)16-18(20)25-27-24-16/h5-8,10-11,21H,3-4,9H2,1-2H3,(H2,20,25). The Bertz CT molecular complexity index is 1070. The Labute approximate surface area is 156 Å². The molecule has 27 heavy (non-hydrogen) atoms. The fraction of sp³-hybridized carbons (Fsp3) is 0.263. The average molecular weight is 363 g/mol. The number of hydrogen-bond donors (Lipinski definition) is 2. The second-order valence-electron chi connectivity index (χ2n) is 6.21. The Morgan fingerprint density at radius 1 is 1.11 bits per heavy atom. The Morgan fingerprint density at radius 3 is 2.59 bits per heavy atom. The van der Waals surface area contributed by atoms with Crippen molar-refractivity contribution in [1.29, 1.82) is 0 Å². The topological polar surface area (TPSA) is 108 Å². The Balaban J connectivity index is 1.84. The molecule has 0 fully saturated rings. The lowest BCUT2D eigenvalue weighted by Crippen LogP contribution is -2.11. The maximum absolute atomic E-state index is 5.88. The summed E-state index contributed by atoms with van der Waals surface area (Å²) in [5.74, 6) is 0.853. The van der Waals surface area contributed by atoms with Gasteiger partial charge in [0.25, 0.3) is 0 Å². The minimum atomic E-state index is 0.224. The first kappa shape index (κ1) is 17.2. The van der Waals surface area contributed by atoms with Crippen LogP contribution in [0.3, 0.4) is 0 Å². The molecule has 0 saturated carbocycles. The Kier molecular flexibility index (Phi) is 4.55. The van der Waals surface area contributed by atoms with Gasteiger partial charge < -0.3 is 15.6 Å². The monoisotopic (exact) mass is 363 g/mol. The third-order valence-corrected chi connectivity index (χ3v) is 4.54. The lowest BCUT2D eigenvalue weighted by atomic mass is 10.0. The van der Waals surface area contributed by atoms with Gasteiger partial charge in [0.2, 0.25) is 0 Å². The number of aryl methyl sites for hydroxylation is 1. The average Bonchev–Trinajstić information content (AvgIpc) is 3.29. The number of hydrogen-bond acceptors (Lipinski definition) is 7. The molecule has 4 aromatic rings. The van der Waals surface area contributed by atoms with Gasteiger partial charge in [-0.1, -0.05) is 31.2 Å². The SMILES string of the molecule is CCNCc1ccc(-c2cncc3nc(-c4nonc4N)n(CC)c23)cc1. The number of rotatable bonds is 6. The van der Waals surface area contributed by atoms with E-state index in [2.05, 4.69) is 68.3 Å². The summed E-state index contributed by atoms with van der Waals surface area (Å²) in [6.45, 7) is 6.66. The molecule has 8 nitrogen and oxygen atoms in total. The van der Waals surface area contributed by atoms with Crippen molar-refractivity contribution in [3.8, 4) is 22.6 Å². The number of nitrogen functional groups attached to an aromatic ring is 1. The van der Waals surface area contributed by atoms with Crippen molar-refractivity contribution in [2.75, 3.05) is 12.3 Å². The van der Waals surface area contributed by atoms with Crippen LogP contribution in [0, 0.1) is 0 Å². The lowest BCUT2D eigenvalue weighted by molar-refractivity contribution is 0.310. The maximum Gasteiger partial charge on any atom is 0.199 e. The number of aromatic nitrogens is 5. The molecule has 0 amide bonds. The van der Waals surface area contributed by atoms with Crippen molar-refractivity contribution in [2.45, 2.75) is 26.9 Å². The molecule has 138 valence electrons. The van der Waals surface area contributed by atoms with Crippen LogP contribution < -0.4 is 11.1 Å². The van der Waals surface area contributed by atoms with Gasteiger partial charge in [0.15, 0.2) is 17.3 Å². The van der Waals surface area contributed by atoms with E-state index in [1.54, 1.807) is 6.20 Å². The number of pyridine rings is 1. The summed E-state index contributed by atoms with van der Waals surface area (Å²) in [7, 11) is 0. The molecule has 0 spiro atoms. The first-order valence-electron chi connectivity index (χ1n) is 8.95. The normalized spacial score (nSPS) is 11.3. The maximum atomic E-state index is 5.88. The molecular weight excluding hydrogens is 342 g/mol. The summed E-state index contributed by atoms with van der Waals surface area (Å²) in [5, 5.41) is 10.9. The van der Waals surface area contributed by atoms with Crippen LogP contribution in [0.1, 0.15) is 19.4 Å². The molecule has 0 aliphatic carbocycles. The third kappa shape index (κ3) is 3.04. The third-order valence-electron chi connectivity index (χ3n) is 4.54. The zero-order valence-electron chi connectivity index (χ0n) is 15.3. The predicted molar refractivity (Wildman–Crippen MR) is 104 cm³/mol. The number of nitrogens with two attached hydrogens (primary N) is 1. The smallest absolute Gasteiger partial charge is 0.199 e. The molecule has 0 saturated heterocycles. The van der Waals surface area contributed by atoms with E-state index in [0.717, 1.165) is 35.2 Å². The van der Waals surface area contributed by atoms with Crippen LogP contribution in [0.5, 0.6) is 0 Å². The van der Waals surface area contributed by atoms with Crippen molar-refractivity contribution in [3.63, 3.8) is 0 Å². The van der Waals surface area contributed by atoms with Gasteiger partial charge >= 0.3 is 0 Å². The molecular formula is C19H21N7O. The van der Waals surface area contributed by atoms with E-state index in [1.807, 2.05) is 6.20 Å². The molecule has 0 aliphatic heterocycles. The summed E-state index contributed by atoms with van der Waals surface area (Å²) in [6.07, 6.45) is 3.61. The molecule has 0 radical (unpaired) electrons. The van der Waals surface area contributed by atoms with E-state index < -0.39 is 0 Å². The molecule has 0 aliphatic rings. The van der Waals surface area contributed by atoms with Gasteiger partial charge in [0.1, 0.15) is 5.52 Å². The summed E-state index contributed by atoms with van der Waals surface area (Å²) in [5.41, 5.74) is 11.4. The highest BCUT2D eigenvalue weighted by molar-refractivity contribution is 5.93. The Hall–Kier alpha value is -3.26. The molecule has 0 atom stereocenters.